The zero-order chi connectivity index (χ0) is 11.5. The molecule has 1 aliphatic rings. The fraction of sp³-hybridized carbons (Fsp3) is 0.455. The number of anilines is 1. The summed E-state index contributed by atoms with van der Waals surface area (Å²) in [4.78, 5) is 17.6. The van der Waals surface area contributed by atoms with Crippen molar-refractivity contribution in [2.75, 3.05) is 18.5 Å². The number of hydrogen-bond acceptors (Lipinski definition) is 3. The molecule has 0 spiro atoms. The SMILES string of the molecule is CN(C(=O)[C@@H]1CCCN1)c1ccc(Cl)nc1. The summed E-state index contributed by atoms with van der Waals surface area (Å²) >= 11 is 5.70. The molecule has 1 aliphatic heterocycles. The van der Waals surface area contributed by atoms with E-state index in [9.17, 15) is 4.79 Å². The van der Waals surface area contributed by atoms with Gasteiger partial charge in [0.1, 0.15) is 5.15 Å². The van der Waals surface area contributed by atoms with Crippen LogP contribution in [0.5, 0.6) is 0 Å². The van der Waals surface area contributed by atoms with Gasteiger partial charge in [-0.2, -0.15) is 0 Å². The second-order valence-electron chi connectivity index (χ2n) is 3.89. The third-order valence-corrected chi connectivity index (χ3v) is 3.01. The summed E-state index contributed by atoms with van der Waals surface area (Å²) in [6.45, 7) is 0.920. The highest BCUT2D eigenvalue weighted by Gasteiger charge is 2.25. The van der Waals surface area contributed by atoms with E-state index in [1.807, 2.05) is 0 Å². The van der Waals surface area contributed by atoms with Crippen LogP contribution in [0.3, 0.4) is 0 Å². The van der Waals surface area contributed by atoms with Gasteiger partial charge in [-0.25, -0.2) is 4.98 Å². The number of pyridine rings is 1. The summed E-state index contributed by atoms with van der Waals surface area (Å²) in [5.41, 5.74) is 0.767. The van der Waals surface area contributed by atoms with E-state index in [4.69, 9.17) is 11.6 Å². The normalized spacial score (nSPS) is 19.8. The fourth-order valence-corrected chi connectivity index (χ4v) is 1.93. The minimum atomic E-state index is -0.0549. The number of carbonyl (C=O) groups excluding carboxylic acids is 1. The Morgan fingerprint density at radius 2 is 2.44 bits per heavy atom. The molecule has 2 rings (SSSR count). The van der Waals surface area contributed by atoms with Gasteiger partial charge in [0.15, 0.2) is 0 Å². The largest absolute Gasteiger partial charge is 0.313 e. The molecule has 0 aromatic carbocycles. The van der Waals surface area contributed by atoms with E-state index < -0.39 is 0 Å². The average Bonchev–Trinajstić information content (AvgIpc) is 2.81. The molecule has 0 aliphatic carbocycles. The van der Waals surface area contributed by atoms with Gasteiger partial charge >= 0.3 is 0 Å². The molecule has 1 atom stereocenters. The van der Waals surface area contributed by atoms with Crippen molar-refractivity contribution in [1.29, 1.82) is 0 Å². The van der Waals surface area contributed by atoms with Crippen molar-refractivity contribution >= 4 is 23.2 Å². The molecular formula is C11H14ClN3O. The average molecular weight is 240 g/mol. The Kier molecular flexibility index (Phi) is 3.41. The van der Waals surface area contributed by atoms with Crippen molar-refractivity contribution in [3.63, 3.8) is 0 Å². The molecule has 1 saturated heterocycles. The zero-order valence-corrected chi connectivity index (χ0v) is 9.87. The van der Waals surface area contributed by atoms with Crippen LogP contribution in [0.15, 0.2) is 18.3 Å². The van der Waals surface area contributed by atoms with Gasteiger partial charge in [-0.3, -0.25) is 4.79 Å². The first-order chi connectivity index (χ1) is 7.68. The van der Waals surface area contributed by atoms with Crippen LogP contribution in [0.25, 0.3) is 0 Å². The molecule has 16 heavy (non-hydrogen) atoms. The van der Waals surface area contributed by atoms with Gasteiger partial charge in [-0.05, 0) is 31.5 Å². The Morgan fingerprint density at radius 1 is 1.62 bits per heavy atom. The summed E-state index contributed by atoms with van der Waals surface area (Å²) in [6, 6.07) is 3.42. The number of nitrogens with zero attached hydrogens (tertiary/aromatic N) is 2. The molecule has 2 heterocycles. The Labute approximate surface area is 99.6 Å². The Balaban J connectivity index is 2.08. The summed E-state index contributed by atoms with van der Waals surface area (Å²) in [5.74, 6) is 0.0848. The lowest BCUT2D eigenvalue weighted by atomic mass is 10.2. The molecule has 1 amide bonds. The predicted molar refractivity (Wildman–Crippen MR) is 63.7 cm³/mol. The maximum Gasteiger partial charge on any atom is 0.243 e. The first-order valence-electron chi connectivity index (χ1n) is 5.31. The molecule has 1 fully saturated rings. The topological polar surface area (TPSA) is 45.2 Å². The second-order valence-corrected chi connectivity index (χ2v) is 4.27. The molecular weight excluding hydrogens is 226 g/mol. The van der Waals surface area contributed by atoms with Crippen LogP contribution >= 0.6 is 11.6 Å². The Morgan fingerprint density at radius 3 is 3.00 bits per heavy atom. The number of amides is 1. The minimum Gasteiger partial charge on any atom is -0.313 e. The maximum atomic E-state index is 12.0. The Bertz CT molecular complexity index is 373. The molecule has 1 aromatic rings. The molecule has 5 heteroatoms. The highest BCUT2D eigenvalue weighted by atomic mass is 35.5. The molecule has 1 N–H and O–H groups in total. The highest BCUT2D eigenvalue weighted by molar-refractivity contribution is 6.29. The monoisotopic (exact) mass is 239 g/mol. The van der Waals surface area contributed by atoms with E-state index in [1.165, 1.54) is 0 Å². The predicted octanol–water partition coefficient (Wildman–Crippen LogP) is 1.45. The van der Waals surface area contributed by atoms with Crippen LogP contribution in [0.1, 0.15) is 12.8 Å². The van der Waals surface area contributed by atoms with Crippen LogP contribution in [0.4, 0.5) is 5.69 Å². The summed E-state index contributed by atoms with van der Waals surface area (Å²) in [6.07, 6.45) is 3.57. The lowest BCUT2D eigenvalue weighted by Gasteiger charge is -2.20. The second kappa shape index (κ2) is 4.80. The van der Waals surface area contributed by atoms with Crippen molar-refractivity contribution in [1.82, 2.24) is 10.3 Å². The molecule has 86 valence electrons. The quantitative estimate of drug-likeness (QED) is 0.795. The zero-order valence-electron chi connectivity index (χ0n) is 9.11. The van der Waals surface area contributed by atoms with Crippen molar-refractivity contribution in [2.24, 2.45) is 0 Å². The van der Waals surface area contributed by atoms with E-state index >= 15 is 0 Å². The lowest BCUT2D eigenvalue weighted by molar-refractivity contribution is -0.119. The fourth-order valence-electron chi connectivity index (χ4n) is 1.82. The maximum absolute atomic E-state index is 12.0. The van der Waals surface area contributed by atoms with E-state index in [2.05, 4.69) is 10.3 Å². The highest BCUT2D eigenvalue weighted by Crippen LogP contribution is 2.16. The van der Waals surface area contributed by atoms with Gasteiger partial charge < -0.3 is 10.2 Å². The third kappa shape index (κ3) is 2.33. The molecule has 0 bridgehead atoms. The number of halogens is 1. The smallest absolute Gasteiger partial charge is 0.243 e. The standard InChI is InChI=1S/C11H14ClN3O/c1-15(8-4-5-10(12)14-7-8)11(16)9-3-2-6-13-9/h4-5,7,9,13H,2-3,6H2,1H3/t9-/m0/s1. The molecule has 1 aromatic heterocycles. The van der Waals surface area contributed by atoms with E-state index in [0.29, 0.717) is 5.15 Å². The van der Waals surface area contributed by atoms with Crippen molar-refractivity contribution < 1.29 is 4.79 Å². The number of nitrogens with one attached hydrogen (secondary N) is 1. The van der Waals surface area contributed by atoms with Gasteiger partial charge in [0.2, 0.25) is 5.91 Å². The van der Waals surface area contributed by atoms with Gasteiger partial charge in [0, 0.05) is 7.05 Å². The van der Waals surface area contributed by atoms with E-state index in [-0.39, 0.29) is 11.9 Å². The number of hydrogen-bond donors (Lipinski definition) is 1. The van der Waals surface area contributed by atoms with Crippen molar-refractivity contribution in [3.05, 3.63) is 23.5 Å². The minimum absolute atomic E-state index is 0.0549. The molecule has 0 unspecified atom stereocenters. The van der Waals surface area contributed by atoms with Crippen LogP contribution in [-0.4, -0.2) is 30.5 Å². The number of aromatic nitrogens is 1. The first-order valence-corrected chi connectivity index (χ1v) is 5.69. The van der Waals surface area contributed by atoms with Crippen molar-refractivity contribution in [3.8, 4) is 0 Å². The van der Waals surface area contributed by atoms with Gasteiger partial charge in [0.25, 0.3) is 0 Å². The van der Waals surface area contributed by atoms with Gasteiger partial charge in [0.05, 0.1) is 17.9 Å². The van der Waals surface area contributed by atoms with Crippen LogP contribution in [0, 0.1) is 0 Å². The van der Waals surface area contributed by atoms with Crippen LogP contribution in [-0.2, 0) is 4.79 Å². The first kappa shape index (κ1) is 11.4. The van der Waals surface area contributed by atoms with Crippen molar-refractivity contribution in [2.45, 2.75) is 18.9 Å². The Hall–Kier alpha value is -1.13. The summed E-state index contributed by atoms with van der Waals surface area (Å²) < 4.78 is 0. The lowest BCUT2D eigenvalue weighted by Crippen LogP contribution is -2.41. The summed E-state index contributed by atoms with van der Waals surface area (Å²) in [7, 11) is 1.76. The van der Waals surface area contributed by atoms with Gasteiger partial charge in [-0.15, -0.1) is 0 Å². The van der Waals surface area contributed by atoms with E-state index in [0.717, 1.165) is 25.1 Å². The van der Waals surface area contributed by atoms with Gasteiger partial charge in [-0.1, -0.05) is 11.6 Å². The van der Waals surface area contributed by atoms with Crippen LogP contribution < -0.4 is 10.2 Å². The van der Waals surface area contributed by atoms with E-state index in [1.54, 1.807) is 30.3 Å². The number of rotatable bonds is 2. The molecule has 4 nitrogen and oxygen atoms in total. The molecule has 0 saturated carbocycles. The number of carbonyl (C=O) groups is 1. The number of likely N-dealkylation sites (N-methyl/N-ethyl adjacent to an activating group) is 1. The van der Waals surface area contributed by atoms with Crippen LogP contribution in [0.2, 0.25) is 5.15 Å². The molecule has 0 radical (unpaired) electrons. The summed E-state index contributed by atoms with van der Waals surface area (Å²) in [5, 5.41) is 3.61. The third-order valence-electron chi connectivity index (χ3n) is 2.79.